The first-order valence-electron chi connectivity index (χ1n) is 8.87. The van der Waals surface area contributed by atoms with Crippen molar-refractivity contribution in [2.24, 2.45) is 5.92 Å². The lowest BCUT2D eigenvalue weighted by Crippen LogP contribution is -2.46. The van der Waals surface area contributed by atoms with Crippen LogP contribution in [0.5, 0.6) is 0 Å². The van der Waals surface area contributed by atoms with Gasteiger partial charge in [0.25, 0.3) is 11.8 Å². The molecule has 6 nitrogen and oxygen atoms in total. The first-order valence-corrected chi connectivity index (χ1v) is 9.86. The third kappa shape index (κ3) is 5.24. The maximum atomic E-state index is 12.6. The Kier molecular flexibility index (Phi) is 6.69. The monoisotopic (exact) mass is 377 g/mol. The quantitative estimate of drug-likeness (QED) is 0.480. The Morgan fingerprint density at radius 1 is 1.19 bits per heavy atom. The number of nitrogens with one attached hydrogen (secondary N) is 3. The minimum Gasteiger partial charge on any atom is -0.350 e. The molecule has 4 amide bonds. The summed E-state index contributed by atoms with van der Waals surface area (Å²) in [5, 5.41) is 7.93. The van der Waals surface area contributed by atoms with E-state index in [1.54, 1.807) is 13.0 Å². The second-order valence-corrected chi connectivity index (χ2v) is 8.39. The van der Waals surface area contributed by atoms with Gasteiger partial charge in [-0.1, -0.05) is 26.0 Å². The first kappa shape index (κ1) is 20.3. The number of hydrogen-bond donors (Lipinski definition) is 3. The maximum Gasteiger partial charge on any atom is 0.322 e. The van der Waals surface area contributed by atoms with Crippen molar-refractivity contribution in [1.29, 1.82) is 0 Å². The Hall–Kier alpha value is -2.02. The molecular formula is C19H27N3O3S. The molecule has 1 fully saturated rings. The fourth-order valence-corrected chi connectivity index (χ4v) is 3.78. The zero-order valence-corrected chi connectivity index (χ0v) is 16.5. The number of hydrogen-bond acceptors (Lipinski definition) is 4. The van der Waals surface area contributed by atoms with Crippen LogP contribution in [-0.2, 0) is 4.79 Å². The van der Waals surface area contributed by atoms with Crippen molar-refractivity contribution >= 4 is 29.6 Å². The Morgan fingerprint density at radius 2 is 1.88 bits per heavy atom. The second-order valence-electron chi connectivity index (χ2n) is 7.37. The van der Waals surface area contributed by atoms with Gasteiger partial charge >= 0.3 is 6.03 Å². The predicted octanol–water partition coefficient (Wildman–Crippen LogP) is 2.93. The fourth-order valence-electron chi connectivity index (χ4n) is 2.64. The largest absolute Gasteiger partial charge is 0.350 e. The van der Waals surface area contributed by atoms with E-state index in [1.807, 2.05) is 25.1 Å². The smallest absolute Gasteiger partial charge is 0.322 e. The molecule has 1 aromatic rings. The number of rotatable bonds is 8. The molecule has 1 aliphatic heterocycles. The van der Waals surface area contributed by atoms with E-state index in [2.05, 4.69) is 29.8 Å². The lowest BCUT2D eigenvalue weighted by Gasteiger charge is -2.21. The van der Waals surface area contributed by atoms with Gasteiger partial charge < -0.3 is 10.6 Å². The Labute approximate surface area is 158 Å². The van der Waals surface area contributed by atoms with E-state index in [1.165, 1.54) is 11.8 Å². The number of benzene rings is 1. The predicted molar refractivity (Wildman–Crippen MR) is 103 cm³/mol. The van der Waals surface area contributed by atoms with E-state index in [0.717, 1.165) is 17.7 Å². The third-order valence-corrected chi connectivity index (χ3v) is 5.71. The molecule has 2 rings (SSSR count). The van der Waals surface area contributed by atoms with Gasteiger partial charge in [0, 0.05) is 16.7 Å². The summed E-state index contributed by atoms with van der Waals surface area (Å²) in [6, 6.07) is 6.93. The third-order valence-electron chi connectivity index (χ3n) is 4.32. The highest BCUT2D eigenvalue weighted by Crippen LogP contribution is 2.27. The van der Waals surface area contributed by atoms with Gasteiger partial charge in [0.1, 0.15) is 5.54 Å². The van der Waals surface area contributed by atoms with Crippen molar-refractivity contribution in [1.82, 2.24) is 16.0 Å². The average Bonchev–Trinajstić information content (AvgIpc) is 2.83. The summed E-state index contributed by atoms with van der Waals surface area (Å²) in [5.41, 5.74) is -0.391. The van der Waals surface area contributed by atoms with Gasteiger partial charge in [-0.3, -0.25) is 14.9 Å². The molecule has 26 heavy (non-hydrogen) atoms. The molecule has 0 saturated carbocycles. The van der Waals surface area contributed by atoms with Crippen molar-refractivity contribution in [3.05, 3.63) is 29.8 Å². The van der Waals surface area contributed by atoms with Crippen molar-refractivity contribution in [2.75, 3.05) is 5.75 Å². The topological polar surface area (TPSA) is 87.3 Å². The highest BCUT2D eigenvalue weighted by molar-refractivity contribution is 7.99. The number of carbonyl (C=O) groups excluding carboxylic acids is 3. The molecule has 0 aliphatic carbocycles. The van der Waals surface area contributed by atoms with Gasteiger partial charge in [0.2, 0.25) is 0 Å². The van der Waals surface area contributed by atoms with Crippen molar-refractivity contribution < 1.29 is 14.4 Å². The van der Waals surface area contributed by atoms with E-state index in [9.17, 15) is 14.4 Å². The Morgan fingerprint density at radius 3 is 2.50 bits per heavy atom. The minimum atomic E-state index is -0.976. The molecule has 7 heteroatoms. The summed E-state index contributed by atoms with van der Waals surface area (Å²) in [4.78, 5) is 36.7. The van der Waals surface area contributed by atoms with Crippen LogP contribution in [0.1, 0.15) is 50.9 Å². The van der Waals surface area contributed by atoms with Gasteiger partial charge in [-0.25, -0.2) is 4.79 Å². The number of amides is 4. The van der Waals surface area contributed by atoms with E-state index in [4.69, 9.17) is 0 Å². The zero-order valence-electron chi connectivity index (χ0n) is 15.7. The van der Waals surface area contributed by atoms with E-state index < -0.39 is 11.6 Å². The van der Waals surface area contributed by atoms with Crippen LogP contribution in [0.3, 0.4) is 0 Å². The van der Waals surface area contributed by atoms with Gasteiger partial charge in [0.05, 0.1) is 5.56 Å². The lowest BCUT2D eigenvalue weighted by atomic mass is 10.0. The molecule has 1 aromatic carbocycles. The molecular weight excluding hydrogens is 350 g/mol. The number of thioether (sulfide) groups is 1. The molecule has 1 aliphatic rings. The van der Waals surface area contributed by atoms with Crippen LogP contribution in [0, 0.1) is 5.92 Å². The summed E-state index contributed by atoms with van der Waals surface area (Å²) in [5.74, 6) is 0.483. The first-order chi connectivity index (χ1) is 12.2. The van der Waals surface area contributed by atoms with Crippen molar-refractivity contribution in [3.63, 3.8) is 0 Å². The zero-order chi connectivity index (χ0) is 19.3. The Balaban J connectivity index is 2.02. The van der Waals surface area contributed by atoms with Crippen LogP contribution >= 0.6 is 11.8 Å². The summed E-state index contributed by atoms with van der Waals surface area (Å²) < 4.78 is 0. The number of imide groups is 1. The molecule has 0 aromatic heterocycles. The molecule has 1 saturated heterocycles. The normalized spacial score (nSPS) is 20.7. The van der Waals surface area contributed by atoms with Crippen LogP contribution in [-0.4, -0.2) is 35.2 Å². The van der Waals surface area contributed by atoms with Crippen LogP contribution in [0.2, 0.25) is 0 Å². The summed E-state index contributed by atoms with van der Waals surface area (Å²) in [6.07, 6.45) is 1.99. The second kappa shape index (κ2) is 8.58. The van der Waals surface area contributed by atoms with Crippen molar-refractivity contribution in [3.8, 4) is 0 Å². The molecule has 0 bridgehead atoms. The van der Waals surface area contributed by atoms with Gasteiger partial charge in [0.15, 0.2) is 0 Å². The summed E-state index contributed by atoms with van der Waals surface area (Å²) >= 11 is 1.39. The molecule has 142 valence electrons. The number of urea groups is 1. The van der Waals surface area contributed by atoms with Crippen LogP contribution in [0.25, 0.3) is 0 Å². The van der Waals surface area contributed by atoms with Gasteiger partial charge in [-0.15, -0.1) is 11.8 Å². The molecule has 2 atom stereocenters. The van der Waals surface area contributed by atoms with Gasteiger partial charge in [-0.05, 0) is 44.7 Å². The molecule has 0 unspecified atom stereocenters. The Bertz CT molecular complexity index is 692. The highest BCUT2D eigenvalue weighted by Gasteiger charge is 2.41. The molecule has 0 radical (unpaired) electrons. The van der Waals surface area contributed by atoms with E-state index >= 15 is 0 Å². The molecule has 3 N–H and O–H groups in total. The maximum absolute atomic E-state index is 12.6. The number of carbonyl (C=O) groups is 3. The van der Waals surface area contributed by atoms with Crippen LogP contribution < -0.4 is 16.0 Å². The highest BCUT2D eigenvalue weighted by atomic mass is 32.2. The lowest BCUT2D eigenvalue weighted by molar-refractivity contribution is -0.122. The van der Waals surface area contributed by atoms with Gasteiger partial charge in [-0.2, -0.15) is 0 Å². The summed E-state index contributed by atoms with van der Waals surface area (Å²) in [7, 11) is 0. The summed E-state index contributed by atoms with van der Waals surface area (Å²) in [6.45, 7) is 8.02. The van der Waals surface area contributed by atoms with Crippen LogP contribution in [0.15, 0.2) is 29.2 Å². The average molecular weight is 378 g/mol. The minimum absolute atomic E-state index is 0.0976. The molecule has 1 heterocycles. The standard InChI is InChI=1S/C19H27N3O3S/c1-12(2)9-10-13(3)20-16(23)14-7-5-6-8-15(14)26-11-19(4)17(24)21-18(25)22-19/h5-8,12-13H,9-11H2,1-4H3,(H,20,23)(H2,21,22,24,25)/t13-,19-/m0/s1. The van der Waals surface area contributed by atoms with E-state index in [0.29, 0.717) is 17.2 Å². The SMILES string of the molecule is CC(C)CC[C@H](C)NC(=O)c1ccccc1SC[C@]1(C)NC(=O)NC1=O. The van der Waals surface area contributed by atoms with Crippen LogP contribution in [0.4, 0.5) is 4.79 Å². The van der Waals surface area contributed by atoms with E-state index in [-0.39, 0.29) is 17.9 Å². The molecule has 0 spiro atoms. The fraction of sp³-hybridized carbons (Fsp3) is 0.526. The van der Waals surface area contributed by atoms with Crippen molar-refractivity contribution in [2.45, 2.75) is 57.0 Å².